The lowest BCUT2D eigenvalue weighted by Gasteiger charge is -2.04. The molecule has 0 bridgehead atoms. The molecule has 0 unspecified atom stereocenters. The lowest BCUT2D eigenvalue weighted by Crippen LogP contribution is -2.16. The quantitative estimate of drug-likeness (QED) is 0.419. The van der Waals surface area contributed by atoms with Gasteiger partial charge < -0.3 is 0 Å². The van der Waals surface area contributed by atoms with Crippen molar-refractivity contribution in [3.63, 3.8) is 0 Å². The first-order chi connectivity index (χ1) is 7.46. The molecular formula is C13H16ClNSi. The van der Waals surface area contributed by atoms with E-state index in [0.29, 0.717) is 11.1 Å². The Labute approximate surface area is 103 Å². The van der Waals surface area contributed by atoms with Gasteiger partial charge in [-0.2, -0.15) is 0 Å². The Bertz CT molecular complexity index is 461. The van der Waals surface area contributed by atoms with Crippen molar-refractivity contribution in [2.45, 2.75) is 38.4 Å². The van der Waals surface area contributed by atoms with Crippen LogP contribution in [0.25, 0.3) is 0 Å². The molecule has 16 heavy (non-hydrogen) atoms. The van der Waals surface area contributed by atoms with E-state index in [1.807, 2.05) is 6.07 Å². The molecule has 0 aliphatic heterocycles. The highest BCUT2D eigenvalue weighted by molar-refractivity contribution is 6.83. The van der Waals surface area contributed by atoms with Crippen LogP contribution in [0.5, 0.6) is 0 Å². The zero-order chi connectivity index (χ0) is 11.8. The predicted molar refractivity (Wildman–Crippen MR) is 71.4 cm³/mol. The van der Waals surface area contributed by atoms with Gasteiger partial charge in [0.05, 0.1) is 5.56 Å². The van der Waals surface area contributed by atoms with Crippen molar-refractivity contribution in [3.05, 3.63) is 28.5 Å². The van der Waals surface area contributed by atoms with Gasteiger partial charge in [0.15, 0.2) is 0 Å². The second-order valence-electron chi connectivity index (χ2n) is 5.35. The minimum absolute atomic E-state index is 0.565. The summed E-state index contributed by atoms with van der Waals surface area (Å²) >= 11 is 6.13. The summed E-state index contributed by atoms with van der Waals surface area (Å²) in [6.45, 7) is 6.67. The van der Waals surface area contributed by atoms with Gasteiger partial charge in [-0.1, -0.05) is 37.2 Å². The van der Waals surface area contributed by atoms with Crippen molar-refractivity contribution in [3.8, 4) is 11.5 Å². The smallest absolute Gasteiger partial charge is 0.144 e. The normalized spacial score (nSPS) is 15.5. The highest BCUT2D eigenvalue weighted by Crippen LogP contribution is 2.39. The molecule has 2 rings (SSSR count). The molecule has 1 heterocycles. The molecule has 0 atom stereocenters. The molecule has 84 valence electrons. The number of pyridine rings is 1. The standard InChI is InChI=1S/C13H16ClNSi/c1-16(2,3)9-8-11-6-7-12(10-4-5-10)15-13(11)14/h6-7,10H,4-5H2,1-3H3. The van der Waals surface area contributed by atoms with Gasteiger partial charge >= 0.3 is 0 Å². The number of rotatable bonds is 1. The Hall–Kier alpha value is -0.783. The molecule has 1 saturated carbocycles. The number of hydrogen-bond donors (Lipinski definition) is 0. The summed E-state index contributed by atoms with van der Waals surface area (Å²) in [5.74, 6) is 3.81. The molecule has 0 N–H and O–H groups in total. The summed E-state index contributed by atoms with van der Waals surface area (Å²) in [5.41, 5.74) is 5.31. The third-order valence-corrected chi connectivity index (χ3v) is 3.60. The van der Waals surface area contributed by atoms with E-state index < -0.39 is 8.07 Å². The van der Waals surface area contributed by atoms with E-state index in [1.165, 1.54) is 12.8 Å². The largest absolute Gasteiger partial charge is 0.240 e. The van der Waals surface area contributed by atoms with Crippen molar-refractivity contribution in [1.82, 2.24) is 4.98 Å². The maximum Gasteiger partial charge on any atom is 0.144 e. The van der Waals surface area contributed by atoms with E-state index in [1.54, 1.807) is 0 Å². The van der Waals surface area contributed by atoms with E-state index in [0.717, 1.165) is 11.3 Å². The SMILES string of the molecule is C[Si](C)(C)C#Cc1ccc(C2CC2)nc1Cl. The van der Waals surface area contributed by atoms with Gasteiger partial charge in [0.2, 0.25) is 0 Å². The maximum absolute atomic E-state index is 6.13. The predicted octanol–water partition coefficient (Wildman–Crippen LogP) is 3.84. The number of nitrogens with zero attached hydrogens (tertiary/aromatic N) is 1. The minimum Gasteiger partial charge on any atom is -0.240 e. The van der Waals surface area contributed by atoms with Gasteiger partial charge in [-0.25, -0.2) is 4.98 Å². The van der Waals surface area contributed by atoms with Crippen LogP contribution < -0.4 is 0 Å². The molecule has 0 radical (unpaired) electrons. The summed E-state index contributed by atoms with van der Waals surface area (Å²) < 4.78 is 0. The summed E-state index contributed by atoms with van der Waals surface area (Å²) in [5, 5.41) is 0.565. The zero-order valence-electron chi connectivity index (χ0n) is 9.97. The Morgan fingerprint density at radius 2 is 2.00 bits per heavy atom. The molecule has 0 aromatic carbocycles. The first-order valence-electron chi connectivity index (χ1n) is 5.65. The molecule has 0 saturated heterocycles. The Morgan fingerprint density at radius 3 is 2.50 bits per heavy atom. The van der Waals surface area contributed by atoms with E-state index in [2.05, 4.69) is 42.2 Å². The summed E-state index contributed by atoms with van der Waals surface area (Å²) in [7, 11) is -1.33. The molecule has 0 spiro atoms. The molecule has 1 aliphatic rings. The topological polar surface area (TPSA) is 12.9 Å². The van der Waals surface area contributed by atoms with Gasteiger partial charge in [0.1, 0.15) is 13.2 Å². The van der Waals surface area contributed by atoms with Gasteiger partial charge in [-0.05, 0) is 25.0 Å². The fourth-order valence-electron chi connectivity index (χ4n) is 1.40. The van der Waals surface area contributed by atoms with Crippen molar-refractivity contribution in [2.75, 3.05) is 0 Å². The fourth-order valence-corrected chi connectivity index (χ4v) is 2.12. The Kier molecular flexibility index (Phi) is 3.10. The van der Waals surface area contributed by atoms with Crippen molar-refractivity contribution >= 4 is 19.7 Å². The van der Waals surface area contributed by atoms with Crippen LogP contribution in [-0.4, -0.2) is 13.1 Å². The summed E-state index contributed by atoms with van der Waals surface area (Å²) in [4.78, 5) is 4.41. The molecule has 3 heteroatoms. The zero-order valence-corrected chi connectivity index (χ0v) is 11.7. The van der Waals surface area contributed by atoms with Crippen LogP contribution in [-0.2, 0) is 0 Å². The second kappa shape index (κ2) is 4.23. The first-order valence-corrected chi connectivity index (χ1v) is 9.53. The summed E-state index contributed by atoms with van der Waals surface area (Å²) in [6.07, 6.45) is 2.51. The first kappa shape index (κ1) is 11.7. The van der Waals surface area contributed by atoms with Gasteiger partial charge in [-0.3, -0.25) is 0 Å². The molecule has 1 aromatic heterocycles. The van der Waals surface area contributed by atoms with E-state index in [9.17, 15) is 0 Å². The third-order valence-electron chi connectivity index (χ3n) is 2.44. The lowest BCUT2D eigenvalue weighted by atomic mass is 10.2. The third kappa shape index (κ3) is 3.10. The van der Waals surface area contributed by atoms with Gasteiger partial charge in [-0.15, -0.1) is 5.54 Å². The number of halogens is 1. The summed E-state index contributed by atoms with van der Waals surface area (Å²) in [6, 6.07) is 4.08. The van der Waals surface area contributed by atoms with Crippen LogP contribution in [0.15, 0.2) is 12.1 Å². The average molecular weight is 250 g/mol. The molecule has 1 nitrogen and oxygen atoms in total. The van der Waals surface area contributed by atoms with Crippen molar-refractivity contribution < 1.29 is 0 Å². The van der Waals surface area contributed by atoms with Crippen molar-refractivity contribution in [1.29, 1.82) is 0 Å². The van der Waals surface area contributed by atoms with Crippen LogP contribution in [0.4, 0.5) is 0 Å². The van der Waals surface area contributed by atoms with Crippen LogP contribution in [0.3, 0.4) is 0 Å². The van der Waals surface area contributed by atoms with E-state index in [4.69, 9.17) is 11.6 Å². The molecule has 1 aliphatic carbocycles. The molecular weight excluding hydrogens is 234 g/mol. The number of hydrogen-bond acceptors (Lipinski definition) is 1. The van der Waals surface area contributed by atoms with Gasteiger partial charge in [0, 0.05) is 11.6 Å². The van der Waals surface area contributed by atoms with Crippen LogP contribution in [0, 0.1) is 11.5 Å². The maximum atomic E-state index is 6.13. The van der Waals surface area contributed by atoms with E-state index in [-0.39, 0.29) is 0 Å². The Balaban J connectivity index is 2.24. The monoisotopic (exact) mass is 249 g/mol. The Morgan fingerprint density at radius 1 is 1.31 bits per heavy atom. The van der Waals surface area contributed by atoms with E-state index >= 15 is 0 Å². The molecule has 1 fully saturated rings. The number of aromatic nitrogens is 1. The average Bonchev–Trinajstić information content (AvgIpc) is 2.97. The van der Waals surface area contributed by atoms with Crippen LogP contribution in [0.1, 0.15) is 30.0 Å². The highest BCUT2D eigenvalue weighted by atomic mass is 35.5. The van der Waals surface area contributed by atoms with Crippen molar-refractivity contribution in [2.24, 2.45) is 0 Å². The van der Waals surface area contributed by atoms with Crippen LogP contribution >= 0.6 is 11.6 Å². The second-order valence-corrected chi connectivity index (χ2v) is 10.5. The van der Waals surface area contributed by atoms with Crippen LogP contribution in [0.2, 0.25) is 24.8 Å². The highest BCUT2D eigenvalue weighted by Gasteiger charge is 2.25. The fraction of sp³-hybridized carbons (Fsp3) is 0.462. The molecule has 0 amide bonds. The van der Waals surface area contributed by atoms with Gasteiger partial charge in [0.25, 0.3) is 0 Å². The lowest BCUT2D eigenvalue weighted by molar-refractivity contribution is 1.02. The molecule has 1 aromatic rings. The minimum atomic E-state index is -1.33.